The van der Waals surface area contributed by atoms with Crippen LogP contribution in [0.1, 0.15) is 12.5 Å². The molecule has 0 radical (unpaired) electrons. The van der Waals surface area contributed by atoms with Gasteiger partial charge in [-0.25, -0.2) is 9.37 Å². The van der Waals surface area contributed by atoms with Crippen molar-refractivity contribution in [3.8, 4) is 5.75 Å². The van der Waals surface area contributed by atoms with E-state index in [0.29, 0.717) is 28.9 Å². The summed E-state index contributed by atoms with van der Waals surface area (Å²) >= 11 is 1.35. The fourth-order valence-electron chi connectivity index (χ4n) is 1.39. The van der Waals surface area contributed by atoms with Crippen molar-refractivity contribution in [2.75, 3.05) is 17.8 Å². The van der Waals surface area contributed by atoms with Gasteiger partial charge in [0.25, 0.3) is 0 Å². The molecule has 0 aliphatic heterocycles. The number of nitrogens with one attached hydrogen (secondary N) is 1. The molecule has 2 rings (SSSR count). The average molecular weight is 280 g/mol. The van der Waals surface area contributed by atoms with Crippen molar-refractivity contribution in [3.05, 3.63) is 35.0 Å². The Balaban J connectivity index is 2.09. The van der Waals surface area contributed by atoms with Crippen molar-refractivity contribution in [2.45, 2.75) is 6.92 Å². The maximum absolute atomic E-state index is 13.1. The number of hydrazone groups is 1. The molecule has 0 aliphatic rings. The lowest BCUT2D eigenvalue weighted by Gasteiger charge is -2.06. The number of halogens is 1. The van der Waals surface area contributed by atoms with Gasteiger partial charge in [-0.2, -0.15) is 5.10 Å². The third-order valence-electron chi connectivity index (χ3n) is 2.16. The monoisotopic (exact) mass is 280 g/mol. The van der Waals surface area contributed by atoms with Crippen LogP contribution < -0.4 is 15.9 Å². The number of thiazole rings is 1. The van der Waals surface area contributed by atoms with E-state index < -0.39 is 0 Å². The second-order valence-corrected chi connectivity index (χ2v) is 4.42. The quantitative estimate of drug-likeness (QED) is 0.652. The Morgan fingerprint density at radius 2 is 2.42 bits per heavy atom. The summed E-state index contributed by atoms with van der Waals surface area (Å²) in [5, 5.41) is 6.31. The number of rotatable bonds is 5. The van der Waals surface area contributed by atoms with Crippen LogP contribution in [0.15, 0.2) is 28.7 Å². The van der Waals surface area contributed by atoms with E-state index in [0.717, 1.165) is 0 Å². The van der Waals surface area contributed by atoms with Crippen LogP contribution >= 0.6 is 11.3 Å². The van der Waals surface area contributed by atoms with Crippen molar-refractivity contribution in [2.24, 2.45) is 5.10 Å². The predicted octanol–water partition coefficient (Wildman–Crippen LogP) is 2.71. The minimum absolute atomic E-state index is 0.346. The van der Waals surface area contributed by atoms with E-state index in [9.17, 15) is 4.39 Å². The van der Waals surface area contributed by atoms with Crippen LogP contribution in [0.5, 0.6) is 5.75 Å². The molecule has 0 fully saturated rings. The van der Waals surface area contributed by atoms with Crippen LogP contribution in [0.3, 0.4) is 0 Å². The normalized spacial score (nSPS) is 10.8. The predicted molar refractivity (Wildman–Crippen MR) is 75.3 cm³/mol. The van der Waals surface area contributed by atoms with Crippen LogP contribution in [0, 0.1) is 5.82 Å². The summed E-state index contributed by atoms with van der Waals surface area (Å²) in [4.78, 5) is 3.99. The maximum Gasteiger partial charge on any atom is 0.205 e. The van der Waals surface area contributed by atoms with Gasteiger partial charge in [0.05, 0.1) is 12.8 Å². The molecular formula is C12H13FN4OS. The Morgan fingerprint density at radius 3 is 3.11 bits per heavy atom. The number of nitrogen functional groups attached to an aromatic ring is 1. The summed E-state index contributed by atoms with van der Waals surface area (Å²) in [6.45, 7) is 2.29. The van der Waals surface area contributed by atoms with Gasteiger partial charge in [-0.3, -0.25) is 5.43 Å². The number of nitrogens with zero attached hydrogens (tertiary/aromatic N) is 2. The van der Waals surface area contributed by atoms with E-state index in [1.807, 2.05) is 6.92 Å². The van der Waals surface area contributed by atoms with Crippen molar-refractivity contribution in [1.29, 1.82) is 0 Å². The molecule has 19 heavy (non-hydrogen) atoms. The van der Waals surface area contributed by atoms with Gasteiger partial charge in [0.15, 0.2) is 0 Å². The lowest BCUT2D eigenvalue weighted by atomic mass is 10.2. The van der Waals surface area contributed by atoms with Gasteiger partial charge in [-0.1, -0.05) is 0 Å². The van der Waals surface area contributed by atoms with Gasteiger partial charge in [-0.15, -0.1) is 11.3 Å². The Bertz CT molecular complexity index is 585. The smallest absolute Gasteiger partial charge is 0.205 e. The van der Waals surface area contributed by atoms with Gasteiger partial charge >= 0.3 is 0 Å². The number of nitrogens with two attached hydrogens (primary N) is 1. The van der Waals surface area contributed by atoms with E-state index in [2.05, 4.69) is 15.5 Å². The maximum atomic E-state index is 13.1. The molecule has 0 bridgehead atoms. The molecule has 3 N–H and O–H groups in total. The molecule has 100 valence electrons. The Labute approximate surface area is 113 Å². The van der Waals surface area contributed by atoms with Gasteiger partial charge in [0.2, 0.25) is 5.13 Å². The molecule has 1 heterocycles. The zero-order valence-electron chi connectivity index (χ0n) is 10.3. The minimum atomic E-state index is -0.346. The van der Waals surface area contributed by atoms with Crippen LogP contribution in [-0.4, -0.2) is 17.8 Å². The standard InChI is InChI=1S/C12H13FN4OS/c1-2-18-10-5-9(13)4-3-8(10)6-15-17-12-16-11(14)7-19-12/h3-7H,2,14H2,1H3,(H,16,17). The summed E-state index contributed by atoms with van der Waals surface area (Å²) in [6, 6.07) is 4.28. The number of benzene rings is 1. The zero-order chi connectivity index (χ0) is 13.7. The number of anilines is 2. The van der Waals surface area contributed by atoms with Crippen molar-refractivity contribution in [3.63, 3.8) is 0 Å². The zero-order valence-corrected chi connectivity index (χ0v) is 11.1. The van der Waals surface area contributed by atoms with Crippen LogP contribution in [0.4, 0.5) is 15.3 Å². The SMILES string of the molecule is CCOc1cc(F)ccc1C=NNc1nc(N)cs1. The fourth-order valence-corrected chi connectivity index (χ4v) is 1.94. The number of hydrogen-bond donors (Lipinski definition) is 2. The topological polar surface area (TPSA) is 72.5 Å². The molecule has 2 aromatic rings. The third kappa shape index (κ3) is 3.65. The van der Waals surface area contributed by atoms with E-state index in [4.69, 9.17) is 10.5 Å². The molecule has 0 saturated carbocycles. The average Bonchev–Trinajstić information content (AvgIpc) is 2.78. The summed E-state index contributed by atoms with van der Waals surface area (Å²) < 4.78 is 18.4. The molecule has 0 saturated heterocycles. The van der Waals surface area contributed by atoms with Crippen LogP contribution in [0.25, 0.3) is 0 Å². The van der Waals surface area contributed by atoms with E-state index in [-0.39, 0.29) is 5.82 Å². The van der Waals surface area contributed by atoms with Crippen LogP contribution in [-0.2, 0) is 0 Å². The van der Waals surface area contributed by atoms with E-state index >= 15 is 0 Å². The van der Waals surface area contributed by atoms with Crippen molar-refractivity contribution in [1.82, 2.24) is 4.98 Å². The Hall–Kier alpha value is -2.15. The van der Waals surface area contributed by atoms with E-state index in [1.54, 1.807) is 17.7 Å². The number of ether oxygens (including phenoxy) is 1. The first-order chi connectivity index (χ1) is 9.19. The third-order valence-corrected chi connectivity index (χ3v) is 2.93. The summed E-state index contributed by atoms with van der Waals surface area (Å²) in [5.74, 6) is 0.549. The number of hydrogen-bond acceptors (Lipinski definition) is 6. The van der Waals surface area contributed by atoms with Gasteiger partial charge < -0.3 is 10.5 Å². The molecule has 1 aromatic carbocycles. The second-order valence-electron chi connectivity index (χ2n) is 3.56. The molecular weight excluding hydrogens is 267 g/mol. The van der Waals surface area contributed by atoms with Gasteiger partial charge in [-0.05, 0) is 19.1 Å². The molecule has 0 spiro atoms. The largest absolute Gasteiger partial charge is 0.493 e. The number of aromatic nitrogens is 1. The molecule has 0 atom stereocenters. The molecule has 5 nitrogen and oxygen atoms in total. The van der Waals surface area contributed by atoms with Crippen LogP contribution in [0.2, 0.25) is 0 Å². The highest BCUT2D eigenvalue weighted by molar-refractivity contribution is 7.14. The Kier molecular flexibility index (Phi) is 4.30. The first kappa shape index (κ1) is 13.3. The first-order valence-corrected chi connectivity index (χ1v) is 6.49. The summed E-state index contributed by atoms with van der Waals surface area (Å²) in [6.07, 6.45) is 1.54. The first-order valence-electron chi connectivity index (χ1n) is 5.61. The second kappa shape index (κ2) is 6.14. The summed E-state index contributed by atoms with van der Waals surface area (Å²) in [5.41, 5.74) is 8.91. The Morgan fingerprint density at radius 1 is 1.58 bits per heavy atom. The van der Waals surface area contributed by atoms with Crippen molar-refractivity contribution < 1.29 is 9.13 Å². The van der Waals surface area contributed by atoms with E-state index in [1.165, 1.54) is 23.5 Å². The molecule has 0 amide bonds. The van der Waals surface area contributed by atoms with Gasteiger partial charge in [0, 0.05) is 17.0 Å². The highest BCUT2D eigenvalue weighted by Gasteiger charge is 2.03. The molecule has 1 aromatic heterocycles. The molecule has 0 unspecified atom stereocenters. The lowest BCUT2D eigenvalue weighted by molar-refractivity contribution is 0.338. The highest BCUT2D eigenvalue weighted by Crippen LogP contribution is 2.19. The molecule has 7 heteroatoms. The molecule has 0 aliphatic carbocycles. The minimum Gasteiger partial charge on any atom is -0.493 e. The fraction of sp³-hybridized carbons (Fsp3) is 0.167. The lowest BCUT2D eigenvalue weighted by Crippen LogP contribution is -1.98. The van der Waals surface area contributed by atoms with Crippen molar-refractivity contribution >= 4 is 28.5 Å². The van der Waals surface area contributed by atoms with Gasteiger partial charge in [0.1, 0.15) is 17.4 Å². The highest BCUT2D eigenvalue weighted by atomic mass is 32.1. The summed E-state index contributed by atoms with van der Waals surface area (Å²) in [7, 11) is 0.